The Hall–Kier alpha value is -1.02. The Morgan fingerprint density at radius 3 is 3.13 bits per heavy atom. The maximum absolute atomic E-state index is 9.83. The van der Waals surface area contributed by atoms with Gasteiger partial charge in [0, 0.05) is 6.04 Å². The molecule has 0 amide bonds. The van der Waals surface area contributed by atoms with Gasteiger partial charge < -0.3 is 10.4 Å². The highest BCUT2D eigenvalue weighted by Gasteiger charge is 2.29. The summed E-state index contributed by atoms with van der Waals surface area (Å²) < 4.78 is 0. The molecule has 2 aliphatic carbocycles. The lowest BCUT2D eigenvalue weighted by Crippen LogP contribution is -2.39. The molecule has 1 saturated heterocycles. The first-order valence-electron chi connectivity index (χ1n) is 5.90. The smallest absolute Gasteiger partial charge is 0.118 e. The van der Waals surface area contributed by atoms with E-state index in [4.69, 9.17) is 0 Å². The number of piperidine rings is 1. The van der Waals surface area contributed by atoms with E-state index in [1.54, 1.807) is 5.57 Å². The molecule has 0 bridgehead atoms. The Kier molecular flexibility index (Phi) is 2.17. The zero-order valence-electron chi connectivity index (χ0n) is 8.92. The standard InChI is InChI=1S/C13H17NO/c15-13-5-1-3-9-10-4-2-8-14-12(10)7-6-11(9)13/h1,5,12,14-15H,2-4,6-8H2. The van der Waals surface area contributed by atoms with E-state index in [0.29, 0.717) is 11.8 Å². The second-order valence-corrected chi connectivity index (χ2v) is 4.62. The summed E-state index contributed by atoms with van der Waals surface area (Å²) in [5, 5.41) is 13.4. The molecule has 1 atom stereocenters. The van der Waals surface area contributed by atoms with E-state index in [2.05, 4.69) is 11.4 Å². The molecule has 2 N–H and O–H groups in total. The van der Waals surface area contributed by atoms with Crippen molar-refractivity contribution >= 4 is 0 Å². The maximum Gasteiger partial charge on any atom is 0.118 e. The van der Waals surface area contributed by atoms with Crippen molar-refractivity contribution in [1.29, 1.82) is 0 Å². The molecule has 3 aliphatic rings. The van der Waals surface area contributed by atoms with E-state index >= 15 is 0 Å². The molecule has 0 aromatic carbocycles. The van der Waals surface area contributed by atoms with E-state index in [1.165, 1.54) is 24.0 Å². The lowest BCUT2D eigenvalue weighted by atomic mass is 9.77. The molecule has 1 fully saturated rings. The van der Waals surface area contributed by atoms with Crippen molar-refractivity contribution < 1.29 is 5.11 Å². The van der Waals surface area contributed by atoms with Gasteiger partial charge in [-0.25, -0.2) is 0 Å². The summed E-state index contributed by atoms with van der Waals surface area (Å²) in [7, 11) is 0. The number of nitrogens with one attached hydrogen (secondary N) is 1. The highest BCUT2D eigenvalue weighted by atomic mass is 16.3. The van der Waals surface area contributed by atoms with Crippen LogP contribution in [0, 0.1) is 0 Å². The van der Waals surface area contributed by atoms with Crippen LogP contribution in [0.5, 0.6) is 0 Å². The summed E-state index contributed by atoms with van der Waals surface area (Å²) in [6.07, 6.45) is 9.62. The van der Waals surface area contributed by atoms with Crippen molar-refractivity contribution in [3.8, 4) is 0 Å². The number of aliphatic hydroxyl groups excluding tert-OH is 1. The molecule has 0 aromatic heterocycles. The first kappa shape index (κ1) is 9.22. The monoisotopic (exact) mass is 203 g/mol. The molecule has 2 heteroatoms. The second-order valence-electron chi connectivity index (χ2n) is 4.62. The fourth-order valence-corrected chi connectivity index (χ4v) is 3.05. The minimum atomic E-state index is 0.507. The van der Waals surface area contributed by atoms with Gasteiger partial charge in [-0.05, 0) is 61.4 Å². The van der Waals surface area contributed by atoms with Gasteiger partial charge in [0.05, 0.1) is 0 Å². The van der Waals surface area contributed by atoms with Crippen LogP contribution in [-0.4, -0.2) is 17.7 Å². The average molecular weight is 203 g/mol. The fraction of sp³-hybridized carbons (Fsp3) is 0.538. The van der Waals surface area contributed by atoms with Gasteiger partial charge >= 0.3 is 0 Å². The summed E-state index contributed by atoms with van der Waals surface area (Å²) in [5.41, 5.74) is 4.21. The molecule has 2 nitrogen and oxygen atoms in total. The highest BCUT2D eigenvalue weighted by molar-refractivity contribution is 5.48. The van der Waals surface area contributed by atoms with Crippen LogP contribution in [0.3, 0.4) is 0 Å². The van der Waals surface area contributed by atoms with E-state index in [0.717, 1.165) is 25.8 Å². The third-order valence-electron chi connectivity index (χ3n) is 3.78. The Labute approximate surface area is 90.4 Å². The van der Waals surface area contributed by atoms with Gasteiger partial charge in [0.2, 0.25) is 0 Å². The summed E-state index contributed by atoms with van der Waals surface area (Å²) in [4.78, 5) is 0. The van der Waals surface area contributed by atoms with Crippen LogP contribution in [0.4, 0.5) is 0 Å². The Morgan fingerprint density at radius 1 is 1.27 bits per heavy atom. The van der Waals surface area contributed by atoms with Gasteiger partial charge in [-0.2, -0.15) is 0 Å². The van der Waals surface area contributed by atoms with Gasteiger partial charge in [0.1, 0.15) is 5.76 Å². The molecule has 0 aromatic rings. The predicted molar refractivity (Wildman–Crippen MR) is 60.7 cm³/mol. The highest BCUT2D eigenvalue weighted by Crippen LogP contribution is 2.39. The number of aliphatic hydroxyl groups is 1. The van der Waals surface area contributed by atoms with Crippen molar-refractivity contribution in [3.05, 3.63) is 34.6 Å². The normalized spacial score (nSPS) is 30.3. The quantitative estimate of drug-likeness (QED) is 0.634. The van der Waals surface area contributed by atoms with Crippen LogP contribution in [0.25, 0.3) is 0 Å². The third kappa shape index (κ3) is 1.44. The van der Waals surface area contributed by atoms with Crippen molar-refractivity contribution in [2.45, 2.75) is 38.1 Å². The van der Waals surface area contributed by atoms with Crippen LogP contribution >= 0.6 is 0 Å². The average Bonchev–Trinajstić information content (AvgIpc) is 2.29. The zero-order valence-corrected chi connectivity index (χ0v) is 8.92. The van der Waals surface area contributed by atoms with E-state index < -0.39 is 0 Å². The largest absolute Gasteiger partial charge is 0.508 e. The van der Waals surface area contributed by atoms with Crippen molar-refractivity contribution in [2.24, 2.45) is 0 Å². The van der Waals surface area contributed by atoms with Gasteiger partial charge in [-0.1, -0.05) is 6.08 Å². The second kappa shape index (κ2) is 3.53. The summed E-state index contributed by atoms with van der Waals surface area (Å²) in [5.74, 6) is 0.507. The van der Waals surface area contributed by atoms with Crippen molar-refractivity contribution in [2.75, 3.05) is 6.54 Å². The Balaban J connectivity index is 2.06. The molecule has 1 unspecified atom stereocenters. The van der Waals surface area contributed by atoms with Gasteiger partial charge in [0.25, 0.3) is 0 Å². The Morgan fingerprint density at radius 2 is 2.20 bits per heavy atom. The first-order valence-corrected chi connectivity index (χ1v) is 5.90. The molecular weight excluding hydrogens is 186 g/mol. The first-order chi connectivity index (χ1) is 7.36. The molecule has 0 saturated carbocycles. The van der Waals surface area contributed by atoms with Crippen molar-refractivity contribution in [1.82, 2.24) is 5.32 Å². The van der Waals surface area contributed by atoms with E-state index in [1.807, 2.05) is 6.08 Å². The van der Waals surface area contributed by atoms with Gasteiger partial charge in [-0.15, -0.1) is 0 Å². The van der Waals surface area contributed by atoms with Gasteiger partial charge in [0.15, 0.2) is 0 Å². The minimum Gasteiger partial charge on any atom is -0.508 e. The minimum absolute atomic E-state index is 0.507. The molecule has 3 rings (SSSR count). The van der Waals surface area contributed by atoms with Crippen LogP contribution < -0.4 is 5.32 Å². The van der Waals surface area contributed by atoms with Crippen LogP contribution in [0.15, 0.2) is 34.6 Å². The number of rotatable bonds is 0. The predicted octanol–water partition coefficient (Wildman–Crippen LogP) is 2.60. The SMILES string of the molecule is OC1=C2CCC3NCCCC3=C2CC=C1. The van der Waals surface area contributed by atoms with E-state index in [-0.39, 0.29) is 0 Å². The Bertz CT molecular complexity index is 376. The number of allylic oxidation sites excluding steroid dienone is 4. The summed E-state index contributed by atoms with van der Waals surface area (Å²) in [6.45, 7) is 1.16. The number of fused-ring (bicyclic) bond motifs is 2. The number of hydrogen-bond donors (Lipinski definition) is 2. The van der Waals surface area contributed by atoms with Crippen LogP contribution in [-0.2, 0) is 0 Å². The van der Waals surface area contributed by atoms with Gasteiger partial charge in [-0.3, -0.25) is 0 Å². The third-order valence-corrected chi connectivity index (χ3v) is 3.78. The lowest BCUT2D eigenvalue weighted by molar-refractivity contribution is 0.404. The molecule has 0 radical (unpaired) electrons. The van der Waals surface area contributed by atoms with Crippen LogP contribution in [0.1, 0.15) is 32.1 Å². The lowest BCUT2D eigenvalue weighted by Gasteiger charge is -2.35. The zero-order chi connectivity index (χ0) is 10.3. The molecule has 80 valence electrons. The molecule has 15 heavy (non-hydrogen) atoms. The molecule has 1 aliphatic heterocycles. The topological polar surface area (TPSA) is 32.3 Å². The maximum atomic E-state index is 9.83. The fourth-order valence-electron chi connectivity index (χ4n) is 3.05. The number of hydrogen-bond acceptors (Lipinski definition) is 2. The molecule has 0 spiro atoms. The van der Waals surface area contributed by atoms with Crippen molar-refractivity contribution in [3.63, 3.8) is 0 Å². The summed E-state index contributed by atoms with van der Waals surface area (Å²) in [6, 6.07) is 0.594. The molecular formula is C13H17NO. The molecule has 1 heterocycles. The van der Waals surface area contributed by atoms with Crippen LogP contribution in [0.2, 0.25) is 0 Å². The summed E-state index contributed by atoms with van der Waals surface area (Å²) >= 11 is 0. The van der Waals surface area contributed by atoms with E-state index in [9.17, 15) is 5.11 Å².